The molecule has 3 atom stereocenters. The topological polar surface area (TPSA) is 60.8 Å². The van der Waals surface area contributed by atoms with Crippen LogP contribution in [0.15, 0.2) is 23.8 Å². The third-order valence-electron chi connectivity index (χ3n) is 3.64. The minimum Gasteiger partial charge on any atom is -0.392 e. The van der Waals surface area contributed by atoms with Gasteiger partial charge in [-0.15, -0.1) is 0 Å². The Morgan fingerprint density at radius 3 is 2.30 bits per heavy atom. The average molecular weight is 281 g/mol. The number of hydrogen-bond acceptors (Lipinski definition) is 3. The summed E-state index contributed by atoms with van der Waals surface area (Å²) in [6.07, 6.45) is 3.35. The van der Waals surface area contributed by atoms with Gasteiger partial charge in [-0.25, -0.2) is 0 Å². The number of allylic oxidation sites excluding steroid dienone is 2. The lowest BCUT2D eigenvalue weighted by Crippen LogP contribution is -2.41. The van der Waals surface area contributed by atoms with Crippen LogP contribution in [0.4, 0.5) is 0 Å². The Hall–Kier alpha value is -1.13. The predicted molar refractivity (Wildman–Crippen MR) is 80.2 cm³/mol. The highest BCUT2D eigenvalue weighted by Gasteiger charge is 2.24. The van der Waals surface area contributed by atoms with Gasteiger partial charge in [0.15, 0.2) is 0 Å². The van der Waals surface area contributed by atoms with Gasteiger partial charge in [0.25, 0.3) is 0 Å². The number of carbonyl (C=O) groups is 1. The fourth-order valence-corrected chi connectivity index (χ4v) is 2.56. The third-order valence-corrected chi connectivity index (χ3v) is 3.64. The molecule has 20 heavy (non-hydrogen) atoms. The van der Waals surface area contributed by atoms with Gasteiger partial charge in [-0.1, -0.05) is 18.2 Å². The Balaban J connectivity index is 2.72. The highest BCUT2D eigenvalue weighted by Crippen LogP contribution is 2.29. The first-order chi connectivity index (χ1) is 9.31. The second-order valence-corrected chi connectivity index (χ2v) is 5.96. The van der Waals surface area contributed by atoms with Gasteiger partial charge in [0.05, 0.1) is 12.2 Å². The minimum atomic E-state index is -0.593. The number of rotatable bonds is 6. The van der Waals surface area contributed by atoms with Crippen molar-refractivity contribution in [2.24, 2.45) is 5.92 Å². The Kier molecular flexibility index (Phi) is 6.43. The van der Waals surface area contributed by atoms with E-state index in [1.165, 1.54) is 0 Å². The van der Waals surface area contributed by atoms with E-state index in [4.69, 9.17) is 0 Å². The van der Waals surface area contributed by atoms with E-state index in [9.17, 15) is 15.0 Å². The van der Waals surface area contributed by atoms with Crippen molar-refractivity contribution in [3.05, 3.63) is 23.8 Å². The van der Waals surface area contributed by atoms with E-state index >= 15 is 0 Å². The van der Waals surface area contributed by atoms with Gasteiger partial charge in [-0.2, -0.15) is 0 Å². The highest BCUT2D eigenvalue weighted by molar-refractivity contribution is 5.93. The van der Waals surface area contributed by atoms with E-state index in [1.54, 1.807) is 18.7 Å². The number of carbonyl (C=O) groups excluding carboxylic acids is 1. The molecule has 0 spiro atoms. The molecular formula is C16H27NO3. The summed E-state index contributed by atoms with van der Waals surface area (Å²) in [4.78, 5) is 14.0. The van der Waals surface area contributed by atoms with E-state index in [0.717, 1.165) is 30.4 Å². The second-order valence-electron chi connectivity index (χ2n) is 5.96. The average Bonchev–Trinajstić information content (AvgIpc) is 2.36. The minimum absolute atomic E-state index is 0.0630. The van der Waals surface area contributed by atoms with E-state index in [-0.39, 0.29) is 19.0 Å². The molecule has 0 aromatic heterocycles. The number of amides is 1. The fourth-order valence-electron chi connectivity index (χ4n) is 2.56. The molecule has 0 heterocycles. The molecule has 0 saturated carbocycles. The molecule has 2 N–H and O–H groups in total. The van der Waals surface area contributed by atoms with Gasteiger partial charge in [0, 0.05) is 18.7 Å². The van der Waals surface area contributed by atoms with Crippen molar-refractivity contribution >= 4 is 5.91 Å². The van der Waals surface area contributed by atoms with Crippen molar-refractivity contribution in [1.82, 2.24) is 4.90 Å². The molecule has 0 aromatic rings. The Labute approximate surface area is 121 Å². The third kappa shape index (κ3) is 5.10. The van der Waals surface area contributed by atoms with Gasteiger partial charge in [0.2, 0.25) is 5.91 Å². The van der Waals surface area contributed by atoms with Crippen LogP contribution in [-0.2, 0) is 4.79 Å². The highest BCUT2D eigenvalue weighted by atomic mass is 16.3. The van der Waals surface area contributed by atoms with Crippen molar-refractivity contribution < 1.29 is 15.0 Å². The molecule has 3 unspecified atom stereocenters. The number of aliphatic hydroxyl groups is 2. The van der Waals surface area contributed by atoms with Crippen LogP contribution in [0.1, 0.15) is 40.0 Å². The molecule has 0 aromatic carbocycles. The molecule has 0 fully saturated rings. The quantitative estimate of drug-likeness (QED) is 0.731. The van der Waals surface area contributed by atoms with Crippen LogP contribution in [0.5, 0.6) is 0 Å². The molecule has 1 rings (SSSR count). The molecule has 0 aliphatic heterocycles. The summed E-state index contributed by atoms with van der Waals surface area (Å²) in [5.74, 6) is 0.403. The zero-order chi connectivity index (χ0) is 15.3. The molecule has 4 nitrogen and oxygen atoms in total. The van der Waals surface area contributed by atoms with Crippen LogP contribution >= 0.6 is 0 Å². The summed E-state index contributed by atoms with van der Waals surface area (Å²) in [5, 5.41) is 19.0. The monoisotopic (exact) mass is 281 g/mol. The number of nitrogens with zero attached hydrogens (tertiary/aromatic N) is 1. The smallest absolute Gasteiger partial charge is 0.249 e. The van der Waals surface area contributed by atoms with E-state index in [1.807, 2.05) is 13.0 Å². The van der Waals surface area contributed by atoms with E-state index in [0.29, 0.717) is 5.92 Å². The lowest BCUT2D eigenvalue weighted by Gasteiger charge is -2.29. The summed E-state index contributed by atoms with van der Waals surface area (Å²) >= 11 is 0. The Morgan fingerprint density at radius 1 is 1.40 bits per heavy atom. The molecule has 114 valence electrons. The molecule has 0 bridgehead atoms. The summed E-state index contributed by atoms with van der Waals surface area (Å²) in [6, 6.07) is 0. The molecule has 1 amide bonds. The lowest BCUT2D eigenvalue weighted by atomic mass is 9.85. The fraction of sp³-hybridized carbons (Fsp3) is 0.688. The second kappa shape index (κ2) is 7.60. The van der Waals surface area contributed by atoms with Crippen LogP contribution in [0.25, 0.3) is 0 Å². The summed E-state index contributed by atoms with van der Waals surface area (Å²) in [5.41, 5.74) is 1.96. The maximum atomic E-state index is 12.5. The Bertz CT molecular complexity index is 375. The largest absolute Gasteiger partial charge is 0.392 e. The normalized spacial score (nSPS) is 21.9. The number of aliphatic hydroxyl groups excluding tert-OH is 2. The SMILES string of the molecule is C=C(C)C1CC=C(C(=O)N(CC(C)O)CC(C)O)CC1. The molecule has 4 heteroatoms. The Morgan fingerprint density at radius 2 is 1.95 bits per heavy atom. The zero-order valence-electron chi connectivity index (χ0n) is 12.8. The van der Waals surface area contributed by atoms with Gasteiger partial charge in [-0.3, -0.25) is 4.79 Å². The maximum absolute atomic E-state index is 12.5. The van der Waals surface area contributed by atoms with Crippen LogP contribution < -0.4 is 0 Å². The van der Waals surface area contributed by atoms with Crippen molar-refractivity contribution in [3.8, 4) is 0 Å². The van der Waals surface area contributed by atoms with Crippen LogP contribution in [0.2, 0.25) is 0 Å². The van der Waals surface area contributed by atoms with Gasteiger partial charge in [0.1, 0.15) is 0 Å². The van der Waals surface area contributed by atoms with Crippen molar-refractivity contribution in [2.75, 3.05) is 13.1 Å². The summed E-state index contributed by atoms with van der Waals surface area (Å²) in [6.45, 7) is 9.80. The molecule has 0 saturated heterocycles. The first-order valence-corrected chi connectivity index (χ1v) is 7.31. The standard InChI is InChI=1S/C16H27NO3/c1-11(2)14-5-7-15(8-6-14)16(20)17(9-12(3)18)10-13(4)19/h7,12-14,18-19H,1,5-6,8-10H2,2-4H3. The van der Waals surface area contributed by atoms with Gasteiger partial charge >= 0.3 is 0 Å². The van der Waals surface area contributed by atoms with Crippen LogP contribution in [0, 0.1) is 5.92 Å². The first-order valence-electron chi connectivity index (χ1n) is 7.31. The van der Waals surface area contributed by atoms with E-state index < -0.39 is 12.2 Å². The van der Waals surface area contributed by atoms with Crippen molar-refractivity contribution in [3.63, 3.8) is 0 Å². The number of hydrogen-bond donors (Lipinski definition) is 2. The van der Waals surface area contributed by atoms with Crippen LogP contribution in [0.3, 0.4) is 0 Å². The lowest BCUT2D eigenvalue weighted by molar-refractivity contribution is -0.130. The maximum Gasteiger partial charge on any atom is 0.249 e. The zero-order valence-corrected chi connectivity index (χ0v) is 12.8. The molecule has 0 radical (unpaired) electrons. The van der Waals surface area contributed by atoms with E-state index in [2.05, 4.69) is 6.58 Å². The summed E-state index contributed by atoms with van der Waals surface area (Å²) in [7, 11) is 0. The van der Waals surface area contributed by atoms with Gasteiger partial charge in [-0.05, 0) is 46.0 Å². The predicted octanol–water partition coefficient (Wildman–Crippen LogP) is 1.88. The molecular weight excluding hydrogens is 254 g/mol. The van der Waals surface area contributed by atoms with Crippen molar-refractivity contribution in [2.45, 2.75) is 52.2 Å². The van der Waals surface area contributed by atoms with Crippen LogP contribution in [-0.4, -0.2) is 46.3 Å². The first kappa shape index (κ1) is 16.9. The van der Waals surface area contributed by atoms with Gasteiger partial charge < -0.3 is 15.1 Å². The van der Waals surface area contributed by atoms with Crippen molar-refractivity contribution in [1.29, 1.82) is 0 Å². The molecule has 1 aliphatic carbocycles. The molecule has 1 aliphatic rings. The summed E-state index contributed by atoms with van der Waals surface area (Å²) < 4.78 is 0.